The predicted octanol–water partition coefficient (Wildman–Crippen LogP) is 3.17. The van der Waals surface area contributed by atoms with Crippen LogP contribution in [0.2, 0.25) is 0 Å². The summed E-state index contributed by atoms with van der Waals surface area (Å²) in [5.74, 6) is 0.220. The summed E-state index contributed by atoms with van der Waals surface area (Å²) in [5.41, 5.74) is 1.98. The summed E-state index contributed by atoms with van der Waals surface area (Å²) >= 11 is 0. The number of hydrogen-bond donors (Lipinski definition) is 2. The molecule has 2 atom stereocenters. The number of carbonyl (C=O) groups excluding carboxylic acids is 1. The number of carbonyl (C=O) groups is 1. The van der Waals surface area contributed by atoms with E-state index in [9.17, 15) is 13.2 Å². The average Bonchev–Trinajstić information content (AvgIpc) is 2.60. The lowest BCUT2D eigenvalue weighted by Gasteiger charge is -2.17. The van der Waals surface area contributed by atoms with Crippen molar-refractivity contribution in [2.75, 3.05) is 0 Å². The standard InChI is InChI=1S/C20H26N2O3S/c1-15(11-12-17-7-4-3-5-8-17)13-20(23)22-16(2)18-9-6-10-19(14-18)26(21,24)25/h3-10,14-16H,11-13H2,1-2H3,(H,22,23)(H2,21,24,25)/t15-,16+/m0/s1. The third-order valence-electron chi connectivity index (χ3n) is 4.37. The van der Waals surface area contributed by atoms with Crippen LogP contribution in [0.5, 0.6) is 0 Å². The smallest absolute Gasteiger partial charge is 0.238 e. The van der Waals surface area contributed by atoms with Crippen LogP contribution in [-0.2, 0) is 21.2 Å². The zero-order valence-corrected chi connectivity index (χ0v) is 16.0. The molecule has 0 radical (unpaired) electrons. The first-order valence-electron chi connectivity index (χ1n) is 8.71. The molecule has 0 aromatic heterocycles. The molecule has 0 heterocycles. The van der Waals surface area contributed by atoms with Crippen molar-refractivity contribution in [3.8, 4) is 0 Å². The third-order valence-corrected chi connectivity index (χ3v) is 5.28. The Morgan fingerprint density at radius 1 is 1.08 bits per heavy atom. The van der Waals surface area contributed by atoms with Crippen LogP contribution in [0.15, 0.2) is 59.5 Å². The summed E-state index contributed by atoms with van der Waals surface area (Å²) < 4.78 is 22.9. The second-order valence-corrected chi connectivity index (χ2v) is 8.30. The van der Waals surface area contributed by atoms with Crippen molar-refractivity contribution in [3.63, 3.8) is 0 Å². The van der Waals surface area contributed by atoms with Gasteiger partial charge in [0.15, 0.2) is 0 Å². The number of primary sulfonamides is 1. The molecule has 0 unspecified atom stereocenters. The fourth-order valence-corrected chi connectivity index (χ4v) is 3.39. The Morgan fingerprint density at radius 2 is 1.77 bits per heavy atom. The minimum Gasteiger partial charge on any atom is -0.350 e. The average molecular weight is 375 g/mol. The maximum absolute atomic E-state index is 12.3. The van der Waals surface area contributed by atoms with E-state index in [2.05, 4.69) is 24.4 Å². The molecule has 3 N–H and O–H groups in total. The van der Waals surface area contributed by atoms with Crippen LogP contribution in [0.25, 0.3) is 0 Å². The highest BCUT2D eigenvalue weighted by atomic mass is 32.2. The summed E-state index contributed by atoms with van der Waals surface area (Å²) in [4.78, 5) is 12.3. The van der Waals surface area contributed by atoms with E-state index in [1.54, 1.807) is 12.1 Å². The van der Waals surface area contributed by atoms with E-state index in [4.69, 9.17) is 5.14 Å². The summed E-state index contributed by atoms with van der Waals surface area (Å²) in [6, 6.07) is 16.3. The van der Waals surface area contributed by atoms with Gasteiger partial charge in [0.1, 0.15) is 0 Å². The first kappa shape index (κ1) is 20.1. The normalized spacial score (nSPS) is 13.8. The molecule has 5 nitrogen and oxygen atoms in total. The molecule has 6 heteroatoms. The Labute approximate surface area is 155 Å². The molecule has 0 bridgehead atoms. The zero-order valence-electron chi connectivity index (χ0n) is 15.2. The van der Waals surface area contributed by atoms with Crippen molar-refractivity contribution in [1.82, 2.24) is 5.32 Å². The fraction of sp³-hybridized carbons (Fsp3) is 0.350. The van der Waals surface area contributed by atoms with Crippen LogP contribution in [0.1, 0.15) is 43.9 Å². The van der Waals surface area contributed by atoms with Gasteiger partial charge in [0.25, 0.3) is 0 Å². The van der Waals surface area contributed by atoms with Gasteiger partial charge in [0.2, 0.25) is 15.9 Å². The fourth-order valence-electron chi connectivity index (χ4n) is 2.82. The molecule has 0 aliphatic rings. The molecule has 2 aromatic rings. The molecule has 140 valence electrons. The molecule has 0 aliphatic heterocycles. The number of rotatable bonds is 8. The molecule has 26 heavy (non-hydrogen) atoms. The number of hydrogen-bond acceptors (Lipinski definition) is 3. The first-order chi connectivity index (χ1) is 12.3. The van der Waals surface area contributed by atoms with Crippen LogP contribution in [0.3, 0.4) is 0 Å². The van der Waals surface area contributed by atoms with E-state index in [0.717, 1.165) is 12.8 Å². The molecule has 1 amide bonds. The minimum atomic E-state index is -3.75. The van der Waals surface area contributed by atoms with E-state index < -0.39 is 10.0 Å². The number of benzene rings is 2. The van der Waals surface area contributed by atoms with Crippen LogP contribution in [0, 0.1) is 5.92 Å². The first-order valence-corrected chi connectivity index (χ1v) is 10.3. The van der Waals surface area contributed by atoms with Crippen molar-refractivity contribution in [2.45, 2.75) is 44.0 Å². The Bertz CT molecular complexity index is 835. The quantitative estimate of drug-likeness (QED) is 0.744. The number of nitrogens with two attached hydrogens (primary N) is 1. The van der Waals surface area contributed by atoms with E-state index in [1.165, 1.54) is 17.7 Å². The van der Waals surface area contributed by atoms with E-state index in [1.807, 2.05) is 25.1 Å². The monoisotopic (exact) mass is 374 g/mol. The summed E-state index contributed by atoms with van der Waals surface area (Å²) in [7, 11) is -3.75. The zero-order chi connectivity index (χ0) is 19.2. The predicted molar refractivity (Wildman–Crippen MR) is 103 cm³/mol. The highest BCUT2D eigenvalue weighted by Gasteiger charge is 2.15. The van der Waals surface area contributed by atoms with Crippen molar-refractivity contribution in [3.05, 3.63) is 65.7 Å². The number of amides is 1. The van der Waals surface area contributed by atoms with Crippen molar-refractivity contribution < 1.29 is 13.2 Å². The highest BCUT2D eigenvalue weighted by molar-refractivity contribution is 7.89. The van der Waals surface area contributed by atoms with Crippen LogP contribution >= 0.6 is 0 Å². The maximum Gasteiger partial charge on any atom is 0.238 e. The van der Waals surface area contributed by atoms with Gasteiger partial charge < -0.3 is 5.32 Å². The molecule has 0 fully saturated rings. The Balaban J connectivity index is 1.87. The minimum absolute atomic E-state index is 0.0425. The SMILES string of the molecule is C[C@@H](CCc1ccccc1)CC(=O)N[C@H](C)c1cccc(S(N)(=O)=O)c1. The van der Waals surface area contributed by atoms with Gasteiger partial charge >= 0.3 is 0 Å². The Hall–Kier alpha value is -2.18. The second kappa shape index (κ2) is 8.96. The van der Waals surface area contributed by atoms with Gasteiger partial charge in [-0.3, -0.25) is 4.79 Å². The molecular weight excluding hydrogens is 348 g/mol. The summed E-state index contributed by atoms with van der Waals surface area (Å²) in [6.07, 6.45) is 2.32. The molecule has 0 aliphatic carbocycles. The van der Waals surface area contributed by atoms with Gasteiger partial charge in [-0.1, -0.05) is 49.4 Å². The van der Waals surface area contributed by atoms with Crippen LogP contribution in [-0.4, -0.2) is 14.3 Å². The van der Waals surface area contributed by atoms with E-state index in [0.29, 0.717) is 12.0 Å². The van der Waals surface area contributed by atoms with Crippen molar-refractivity contribution in [2.24, 2.45) is 11.1 Å². The lowest BCUT2D eigenvalue weighted by Crippen LogP contribution is -2.28. The van der Waals surface area contributed by atoms with Crippen molar-refractivity contribution in [1.29, 1.82) is 0 Å². The van der Waals surface area contributed by atoms with E-state index in [-0.39, 0.29) is 22.8 Å². The third kappa shape index (κ3) is 6.28. The van der Waals surface area contributed by atoms with Gasteiger partial charge in [-0.15, -0.1) is 0 Å². The topological polar surface area (TPSA) is 89.3 Å². The molecule has 2 rings (SSSR count). The molecule has 0 saturated heterocycles. The van der Waals surface area contributed by atoms with Gasteiger partial charge in [0.05, 0.1) is 10.9 Å². The largest absolute Gasteiger partial charge is 0.350 e. The maximum atomic E-state index is 12.3. The summed E-state index contributed by atoms with van der Waals surface area (Å²) in [6.45, 7) is 3.89. The number of aryl methyl sites for hydroxylation is 1. The van der Waals surface area contributed by atoms with E-state index >= 15 is 0 Å². The molecule has 0 saturated carbocycles. The summed E-state index contributed by atoms with van der Waals surface area (Å²) in [5, 5.41) is 8.09. The van der Waals surface area contributed by atoms with Gasteiger partial charge in [-0.2, -0.15) is 0 Å². The van der Waals surface area contributed by atoms with Gasteiger partial charge in [-0.05, 0) is 48.9 Å². The van der Waals surface area contributed by atoms with Gasteiger partial charge in [0, 0.05) is 6.42 Å². The second-order valence-electron chi connectivity index (χ2n) is 6.74. The molecule has 0 spiro atoms. The molecular formula is C20H26N2O3S. The van der Waals surface area contributed by atoms with Gasteiger partial charge in [-0.25, -0.2) is 13.6 Å². The lowest BCUT2D eigenvalue weighted by molar-refractivity contribution is -0.122. The lowest BCUT2D eigenvalue weighted by atomic mass is 9.97. The molecule has 2 aromatic carbocycles. The Morgan fingerprint density at radius 3 is 2.42 bits per heavy atom. The number of sulfonamides is 1. The highest BCUT2D eigenvalue weighted by Crippen LogP contribution is 2.18. The van der Waals surface area contributed by atoms with Crippen LogP contribution < -0.4 is 10.5 Å². The number of nitrogens with one attached hydrogen (secondary N) is 1. The van der Waals surface area contributed by atoms with Crippen LogP contribution in [0.4, 0.5) is 0 Å². The van der Waals surface area contributed by atoms with Crippen molar-refractivity contribution >= 4 is 15.9 Å². The Kier molecular flexibility index (Phi) is 6.94.